The number of carbonyl (C=O) groups is 1. The molecule has 76 valence electrons. The first-order valence-corrected chi connectivity index (χ1v) is 5.02. The Labute approximate surface area is 86.9 Å². The van der Waals surface area contributed by atoms with Crippen LogP contribution < -0.4 is 0 Å². The van der Waals surface area contributed by atoms with Crippen molar-refractivity contribution in [2.75, 3.05) is 0 Å². The molecule has 2 aromatic rings. The molecule has 3 heteroatoms. The molecular weight excluding hydrogens is 190 g/mol. The third-order valence-electron chi connectivity index (χ3n) is 3.15. The molecule has 0 saturated heterocycles. The number of aromatic nitrogens is 1. The highest BCUT2D eigenvalue weighted by Crippen LogP contribution is 2.33. The fraction of sp³-hybridized carbons (Fsp3) is 0.250. The molecule has 0 unspecified atom stereocenters. The number of ketones is 1. The second kappa shape index (κ2) is 2.63. The number of aromatic hydroxyl groups is 1. The van der Waals surface area contributed by atoms with Gasteiger partial charge in [-0.3, -0.25) is 4.79 Å². The molecule has 1 heterocycles. The van der Waals surface area contributed by atoms with Gasteiger partial charge >= 0.3 is 0 Å². The molecule has 1 aromatic heterocycles. The van der Waals surface area contributed by atoms with E-state index in [2.05, 4.69) is 0 Å². The molecule has 0 saturated carbocycles. The number of Topliss-reactive ketones (excluding diaryl/α,β-unsaturated/α-hetero) is 1. The monoisotopic (exact) mass is 201 g/mol. The van der Waals surface area contributed by atoms with Crippen molar-refractivity contribution in [3.63, 3.8) is 0 Å². The van der Waals surface area contributed by atoms with Gasteiger partial charge in [-0.1, -0.05) is 0 Å². The van der Waals surface area contributed by atoms with Crippen molar-refractivity contribution < 1.29 is 9.90 Å². The first-order valence-electron chi connectivity index (χ1n) is 5.02. The lowest BCUT2D eigenvalue weighted by atomic mass is 10.1. The summed E-state index contributed by atoms with van der Waals surface area (Å²) in [5, 5.41) is 10.5. The molecule has 0 bridgehead atoms. The molecule has 0 fully saturated rings. The summed E-state index contributed by atoms with van der Waals surface area (Å²) in [7, 11) is 1.90. The number of nitrogens with zero attached hydrogens (tertiary/aromatic N) is 1. The van der Waals surface area contributed by atoms with Gasteiger partial charge in [0, 0.05) is 24.4 Å². The average Bonchev–Trinajstić information content (AvgIpc) is 2.70. The predicted octanol–water partition coefficient (Wildman–Crippen LogP) is 2.01. The Morgan fingerprint density at radius 1 is 1.33 bits per heavy atom. The average molecular weight is 201 g/mol. The highest BCUT2D eigenvalue weighted by molar-refractivity contribution is 6.06. The quantitative estimate of drug-likeness (QED) is 0.708. The van der Waals surface area contributed by atoms with Crippen LogP contribution in [0.4, 0.5) is 0 Å². The van der Waals surface area contributed by atoms with Gasteiger partial charge in [-0.25, -0.2) is 0 Å². The number of hydrogen-bond donors (Lipinski definition) is 1. The molecule has 1 N–H and O–H groups in total. The summed E-state index contributed by atoms with van der Waals surface area (Å²) in [6.07, 6.45) is 1.40. The summed E-state index contributed by atoms with van der Waals surface area (Å²) in [5.74, 6) is 0.471. The van der Waals surface area contributed by atoms with Crippen LogP contribution in [-0.4, -0.2) is 15.5 Å². The van der Waals surface area contributed by atoms with E-state index in [9.17, 15) is 9.90 Å². The largest absolute Gasteiger partial charge is 0.508 e. The first-order chi connectivity index (χ1) is 7.18. The van der Waals surface area contributed by atoms with Gasteiger partial charge in [0.05, 0.1) is 5.69 Å². The van der Waals surface area contributed by atoms with Crippen LogP contribution in [0.2, 0.25) is 0 Å². The standard InChI is InChI=1S/C12H11NO2/c1-13-10-4-2-7(14)6-9(10)8-3-5-11(15)12(8)13/h2,4,6,14H,3,5H2,1H3. The number of aryl methyl sites for hydroxylation is 2. The predicted molar refractivity (Wildman–Crippen MR) is 57.2 cm³/mol. The van der Waals surface area contributed by atoms with Crippen molar-refractivity contribution in [3.8, 4) is 5.75 Å². The fourth-order valence-electron chi connectivity index (χ4n) is 2.47. The van der Waals surface area contributed by atoms with Crippen LogP contribution in [0.15, 0.2) is 18.2 Å². The molecule has 0 aliphatic heterocycles. The molecule has 0 radical (unpaired) electrons. The molecule has 3 nitrogen and oxygen atoms in total. The van der Waals surface area contributed by atoms with E-state index in [0.717, 1.165) is 28.6 Å². The third-order valence-corrected chi connectivity index (χ3v) is 3.15. The maximum atomic E-state index is 11.7. The van der Waals surface area contributed by atoms with Crippen LogP contribution in [0.5, 0.6) is 5.75 Å². The minimum Gasteiger partial charge on any atom is -0.508 e. The van der Waals surface area contributed by atoms with E-state index in [4.69, 9.17) is 0 Å². The number of carbonyl (C=O) groups excluding carboxylic acids is 1. The zero-order valence-electron chi connectivity index (χ0n) is 8.45. The smallest absolute Gasteiger partial charge is 0.179 e. The van der Waals surface area contributed by atoms with Gasteiger partial charge in [0.15, 0.2) is 5.78 Å². The van der Waals surface area contributed by atoms with Crippen LogP contribution in [-0.2, 0) is 13.5 Å². The first kappa shape index (κ1) is 8.53. The molecule has 0 atom stereocenters. The molecule has 15 heavy (non-hydrogen) atoms. The highest BCUT2D eigenvalue weighted by Gasteiger charge is 2.26. The van der Waals surface area contributed by atoms with Gasteiger partial charge in [-0.15, -0.1) is 0 Å². The summed E-state index contributed by atoms with van der Waals surface area (Å²) in [5.41, 5.74) is 2.93. The normalized spacial score (nSPS) is 14.9. The number of phenolic OH excluding ortho intramolecular Hbond substituents is 1. The fourth-order valence-corrected chi connectivity index (χ4v) is 2.47. The van der Waals surface area contributed by atoms with Gasteiger partial charge in [-0.2, -0.15) is 0 Å². The Hall–Kier alpha value is -1.77. The number of hydrogen-bond acceptors (Lipinski definition) is 2. The van der Waals surface area contributed by atoms with Crippen molar-refractivity contribution >= 4 is 16.7 Å². The van der Waals surface area contributed by atoms with Gasteiger partial charge < -0.3 is 9.67 Å². The number of benzene rings is 1. The van der Waals surface area contributed by atoms with Crippen molar-refractivity contribution in [2.24, 2.45) is 7.05 Å². The second-order valence-corrected chi connectivity index (χ2v) is 4.01. The Kier molecular flexibility index (Phi) is 1.49. The van der Waals surface area contributed by atoms with E-state index in [1.54, 1.807) is 12.1 Å². The van der Waals surface area contributed by atoms with E-state index < -0.39 is 0 Å². The van der Waals surface area contributed by atoms with Crippen molar-refractivity contribution in [3.05, 3.63) is 29.5 Å². The van der Waals surface area contributed by atoms with Crippen molar-refractivity contribution in [2.45, 2.75) is 12.8 Å². The second-order valence-electron chi connectivity index (χ2n) is 4.01. The van der Waals surface area contributed by atoms with Crippen LogP contribution in [0, 0.1) is 0 Å². The Morgan fingerprint density at radius 2 is 2.13 bits per heavy atom. The summed E-state index contributed by atoms with van der Waals surface area (Å²) in [6.45, 7) is 0. The molecule has 3 rings (SSSR count). The lowest BCUT2D eigenvalue weighted by Gasteiger charge is -2.00. The highest BCUT2D eigenvalue weighted by atomic mass is 16.3. The zero-order chi connectivity index (χ0) is 10.6. The molecular formula is C12H11NO2. The number of phenols is 1. The summed E-state index contributed by atoms with van der Waals surface area (Å²) in [4.78, 5) is 11.7. The number of rotatable bonds is 0. The molecule has 1 aliphatic carbocycles. The summed E-state index contributed by atoms with van der Waals surface area (Å²) < 4.78 is 1.93. The Bertz CT molecular complexity index is 581. The van der Waals surface area contributed by atoms with Crippen LogP contribution >= 0.6 is 0 Å². The maximum Gasteiger partial charge on any atom is 0.179 e. The zero-order valence-corrected chi connectivity index (χ0v) is 8.45. The van der Waals surface area contributed by atoms with Crippen LogP contribution in [0.1, 0.15) is 22.5 Å². The number of fused-ring (bicyclic) bond motifs is 3. The molecule has 0 amide bonds. The van der Waals surface area contributed by atoms with E-state index in [1.807, 2.05) is 17.7 Å². The third kappa shape index (κ3) is 0.975. The lowest BCUT2D eigenvalue weighted by Crippen LogP contribution is -2.00. The van der Waals surface area contributed by atoms with Gasteiger partial charge in [0.2, 0.25) is 0 Å². The van der Waals surface area contributed by atoms with Gasteiger partial charge in [-0.05, 0) is 30.2 Å². The minimum atomic E-state index is 0.211. The van der Waals surface area contributed by atoms with E-state index in [0.29, 0.717) is 6.42 Å². The lowest BCUT2D eigenvalue weighted by molar-refractivity contribution is 0.0987. The van der Waals surface area contributed by atoms with Crippen LogP contribution in [0.25, 0.3) is 10.9 Å². The summed E-state index contributed by atoms with van der Waals surface area (Å²) in [6, 6.07) is 5.25. The van der Waals surface area contributed by atoms with Crippen molar-refractivity contribution in [1.82, 2.24) is 4.57 Å². The minimum absolute atomic E-state index is 0.211. The molecule has 1 aliphatic rings. The van der Waals surface area contributed by atoms with Crippen molar-refractivity contribution in [1.29, 1.82) is 0 Å². The van der Waals surface area contributed by atoms with E-state index in [1.165, 1.54) is 0 Å². The Balaban J connectivity index is 2.48. The topological polar surface area (TPSA) is 42.2 Å². The van der Waals surface area contributed by atoms with E-state index in [-0.39, 0.29) is 11.5 Å². The van der Waals surface area contributed by atoms with Crippen LogP contribution in [0.3, 0.4) is 0 Å². The maximum absolute atomic E-state index is 11.7. The molecule has 0 spiro atoms. The summed E-state index contributed by atoms with van der Waals surface area (Å²) >= 11 is 0. The molecule has 1 aromatic carbocycles. The Morgan fingerprint density at radius 3 is 2.93 bits per heavy atom. The van der Waals surface area contributed by atoms with Gasteiger partial charge in [0.1, 0.15) is 5.75 Å². The van der Waals surface area contributed by atoms with E-state index >= 15 is 0 Å². The van der Waals surface area contributed by atoms with Gasteiger partial charge in [0.25, 0.3) is 0 Å². The SMILES string of the molecule is Cn1c2c(c3cc(O)ccc31)CCC2=O.